The highest BCUT2D eigenvalue weighted by molar-refractivity contribution is 5.72. The first-order valence-corrected chi connectivity index (χ1v) is 3.19. The van der Waals surface area contributed by atoms with E-state index in [9.17, 15) is 4.79 Å². The predicted octanol–water partition coefficient (Wildman–Crippen LogP) is -0.219. The van der Waals surface area contributed by atoms with Gasteiger partial charge in [-0.05, 0) is 20.8 Å². The molecule has 0 radical (unpaired) electrons. The Kier molecular flexibility index (Phi) is 2.65. The zero-order valence-corrected chi connectivity index (χ0v) is 6.64. The first-order chi connectivity index (χ1) is 4.36. The van der Waals surface area contributed by atoms with Crippen LogP contribution >= 0.6 is 0 Å². The van der Waals surface area contributed by atoms with Gasteiger partial charge in [0.1, 0.15) is 0 Å². The van der Waals surface area contributed by atoms with E-state index < -0.39 is 11.6 Å². The summed E-state index contributed by atoms with van der Waals surface area (Å²) in [6.45, 7) is 5.46. The van der Waals surface area contributed by atoms with Crippen LogP contribution in [0.1, 0.15) is 20.8 Å². The second kappa shape index (κ2) is 2.88. The molecule has 0 fully saturated rings. The van der Waals surface area contributed by atoms with Crippen LogP contribution in [-0.2, 0) is 0 Å². The van der Waals surface area contributed by atoms with Crippen LogP contribution in [0.3, 0.4) is 0 Å². The fraction of sp³-hybridized carbons (Fsp3) is 0.833. The topological polar surface area (TPSA) is 81.1 Å². The third-order valence-corrected chi connectivity index (χ3v) is 1.58. The molecule has 0 aromatic rings. The molecule has 0 bridgehead atoms. The average molecular weight is 145 g/mol. The highest BCUT2D eigenvalue weighted by Crippen LogP contribution is 2.04. The standard InChI is InChI=1S/C6H15N3O/c1-4(7)6(2,3)9-5(8)10/h4H,7H2,1-3H3,(H3,8,9,10). The molecule has 2 amide bonds. The number of urea groups is 1. The predicted molar refractivity (Wildman–Crippen MR) is 40.4 cm³/mol. The van der Waals surface area contributed by atoms with Gasteiger partial charge in [-0.3, -0.25) is 0 Å². The minimum absolute atomic E-state index is 0.111. The van der Waals surface area contributed by atoms with Crippen molar-refractivity contribution >= 4 is 6.03 Å². The molecule has 0 aromatic carbocycles. The quantitative estimate of drug-likeness (QED) is 0.502. The fourth-order valence-electron chi connectivity index (χ4n) is 0.431. The monoisotopic (exact) mass is 145 g/mol. The first-order valence-electron chi connectivity index (χ1n) is 3.19. The number of nitrogens with two attached hydrogens (primary N) is 2. The summed E-state index contributed by atoms with van der Waals surface area (Å²) in [6, 6.07) is -0.651. The van der Waals surface area contributed by atoms with Gasteiger partial charge in [-0.1, -0.05) is 0 Å². The van der Waals surface area contributed by atoms with Gasteiger partial charge in [-0.2, -0.15) is 0 Å². The van der Waals surface area contributed by atoms with Crippen molar-refractivity contribution in [1.29, 1.82) is 0 Å². The Morgan fingerprint density at radius 3 is 2.10 bits per heavy atom. The minimum Gasteiger partial charge on any atom is -0.352 e. The zero-order valence-electron chi connectivity index (χ0n) is 6.64. The van der Waals surface area contributed by atoms with Crippen molar-refractivity contribution < 1.29 is 4.79 Å². The zero-order chi connectivity index (χ0) is 8.36. The molecule has 0 aliphatic rings. The van der Waals surface area contributed by atoms with Crippen LogP contribution in [0, 0.1) is 0 Å². The van der Waals surface area contributed by atoms with Crippen LogP contribution in [0.25, 0.3) is 0 Å². The van der Waals surface area contributed by atoms with Gasteiger partial charge in [0.15, 0.2) is 0 Å². The molecule has 5 N–H and O–H groups in total. The Morgan fingerprint density at radius 1 is 1.60 bits per heavy atom. The van der Waals surface area contributed by atoms with Crippen LogP contribution in [0.2, 0.25) is 0 Å². The highest BCUT2D eigenvalue weighted by Gasteiger charge is 2.23. The van der Waals surface area contributed by atoms with Gasteiger partial charge in [0.25, 0.3) is 0 Å². The van der Waals surface area contributed by atoms with Crippen LogP contribution in [-0.4, -0.2) is 17.6 Å². The number of hydrogen-bond acceptors (Lipinski definition) is 2. The van der Waals surface area contributed by atoms with Gasteiger partial charge in [-0.15, -0.1) is 0 Å². The lowest BCUT2D eigenvalue weighted by Crippen LogP contribution is -2.56. The molecule has 1 unspecified atom stereocenters. The molecular weight excluding hydrogens is 130 g/mol. The Hall–Kier alpha value is -0.770. The Bertz CT molecular complexity index is 131. The third-order valence-electron chi connectivity index (χ3n) is 1.58. The van der Waals surface area contributed by atoms with E-state index in [-0.39, 0.29) is 6.04 Å². The summed E-state index contributed by atoms with van der Waals surface area (Å²) >= 11 is 0. The minimum atomic E-state index is -0.540. The molecule has 0 aliphatic heterocycles. The lowest BCUT2D eigenvalue weighted by Gasteiger charge is -2.29. The molecule has 4 heteroatoms. The van der Waals surface area contributed by atoms with E-state index in [1.165, 1.54) is 0 Å². The summed E-state index contributed by atoms with van der Waals surface area (Å²) in [7, 11) is 0. The van der Waals surface area contributed by atoms with E-state index in [2.05, 4.69) is 5.32 Å². The fourth-order valence-corrected chi connectivity index (χ4v) is 0.431. The molecule has 60 valence electrons. The van der Waals surface area contributed by atoms with Crippen LogP contribution in [0.15, 0.2) is 0 Å². The van der Waals surface area contributed by atoms with Crippen LogP contribution in [0.5, 0.6) is 0 Å². The average Bonchev–Trinajstić information content (AvgIpc) is 1.60. The summed E-state index contributed by atoms with van der Waals surface area (Å²) in [5.74, 6) is 0. The van der Waals surface area contributed by atoms with E-state index in [0.29, 0.717) is 0 Å². The normalized spacial score (nSPS) is 14.4. The summed E-state index contributed by atoms with van der Waals surface area (Å²) in [5, 5.41) is 2.53. The maximum atomic E-state index is 10.4. The van der Waals surface area contributed by atoms with E-state index >= 15 is 0 Å². The third kappa shape index (κ3) is 2.68. The number of rotatable bonds is 2. The Labute approximate surface area is 61.0 Å². The molecular formula is C6H15N3O. The number of hydrogen-bond donors (Lipinski definition) is 3. The number of nitrogens with one attached hydrogen (secondary N) is 1. The van der Waals surface area contributed by atoms with Crippen LogP contribution < -0.4 is 16.8 Å². The van der Waals surface area contributed by atoms with Crippen molar-refractivity contribution in [2.24, 2.45) is 11.5 Å². The summed E-state index contributed by atoms with van der Waals surface area (Å²) in [6.07, 6.45) is 0. The molecule has 1 atom stereocenters. The highest BCUT2D eigenvalue weighted by atomic mass is 16.2. The lowest BCUT2D eigenvalue weighted by molar-refractivity contribution is 0.233. The van der Waals surface area contributed by atoms with Crippen LogP contribution in [0.4, 0.5) is 4.79 Å². The molecule has 0 heterocycles. The first kappa shape index (κ1) is 9.23. The second-order valence-corrected chi connectivity index (χ2v) is 3.00. The van der Waals surface area contributed by atoms with E-state index in [1.807, 2.05) is 20.8 Å². The second-order valence-electron chi connectivity index (χ2n) is 3.00. The van der Waals surface area contributed by atoms with Crippen molar-refractivity contribution in [1.82, 2.24) is 5.32 Å². The number of carbonyl (C=O) groups is 1. The number of carbonyl (C=O) groups excluding carboxylic acids is 1. The molecule has 0 rings (SSSR count). The lowest BCUT2D eigenvalue weighted by atomic mass is 9.97. The van der Waals surface area contributed by atoms with E-state index in [0.717, 1.165) is 0 Å². The SMILES string of the molecule is CC(N)C(C)(C)NC(N)=O. The maximum Gasteiger partial charge on any atom is 0.312 e. The molecule has 0 saturated carbocycles. The Morgan fingerprint density at radius 2 is 2.00 bits per heavy atom. The Balaban J connectivity index is 3.99. The molecule has 10 heavy (non-hydrogen) atoms. The smallest absolute Gasteiger partial charge is 0.312 e. The van der Waals surface area contributed by atoms with Gasteiger partial charge >= 0.3 is 6.03 Å². The largest absolute Gasteiger partial charge is 0.352 e. The van der Waals surface area contributed by atoms with Crippen molar-refractivity contribution in [3.05, 3.63) is 0 Å². The summed E-state index contributed by atoms with van der Waals surface area (Å²) in [4.78, 5) is 10.4. The molecule has 0 saturated heterocycles. The molecule has 0 spiro atoms. The summed E-state index contributed by atoms with van der Waals surface area (Å²) < 4.78 is 0. The van der Waals surface area contributed by atoms with E-state index in [1.54, 1.807) is 0 Å². The maximum absolute atomic E-state index is 10.4. The number of amides is 2. The summed E-state index contributed by atoms with van der Waals surface area (Å²) in [5.41, 5.74) is 10.0. The van der Waals surface area contributed by atoms with Gasteiger partial charge in [0, 0.05) is 6.04 Å². The van der Waals surface area contributed by atoms with Gasteiger partial charge in [0.2, 0.25) is 0 Å². The van der Waals surface area contributed by atoms with Gasteiger partial charge in [-0.25, -0.2) is 4.79 Å². The van der Waals surface area contributed by atoms with Crippen molar-refractivity contribution in [2.75, 3.05) is 0 Å². The van der Waals surface area contributed by atoms with Gasteiger partial charge < -0.3 is 16.8 Å². The molecule has 4 nitrogen and oxygen atoms in total. The van der Waals surface area contributed by atoms with Crippen molar-refractivity contribution in [3.63, 3.8) is 0 Å². The van der Waals surface area contributed by atoms with Crippen molar-refractivity contribution in [2.45, 2.75) is 32.4 Å². The van der Waals surface area contributed by atoms with Gasteiger partial charge in [0.05, 0.1) is 5.54 Å². The molecule has 0 aromatic heterocycles. The van der Waals surface area contributed by atoms with E-state index in [4.69, 9.17) is 11.5 Å². The number of primary amides is 1. The molecule has 0 aliphatic carbocycles. The van der Waals surface area contributed by atoms with Crippen molar-refractivity contribution in [3.8, 4) is 0 Å².